The van der Waals surface area contributed by atoms with Crippen LogP contribution in [0.25, 0.3) is 0 Å². The molecule has 0 aliphatic heterocycles. The Bertz CT molecular complexity index is 457. The second-order valence-electron chi connectivity index (χ2n) is 4.27. The zero-order valence-corrected chi connectivity index (χ0v) is 11.8. The summed E-state index contributed by atoms with van der Waals surface area (Å²) in [6, 6.07) is 0. The van der Waals surface area contributed by atoms with Gasteiger partial charge in [-0.05, 0) is 0 Å². The van der Waals surface area contributed by atoms with E-state index in [1.165, 1.54) is 0 Å². The molecule has 0 aromatic carbocycles. The summed E-state index contributed by atoms with van der Waals surface area (Å²) >= 11 is 0. The molecule has 0 bridgehead atoms. The van der Waals surface area contributed by atoms with E-state index in [4.69, 9.17) is 0 Å². The van der Waals surface area contributed by atoms with E-state index in [-0.39, 0.29) is 6.29 Å². The largest absolute Gasteiger partial charge is 0.457 e. The van der Waals surface area contributed by atoms with E-state index in [1.54, 1.807) is 0 Å². The van der Waals surface area contributed by atoms with Crippen LogP contribution in [0.3, 0.4) is 0 Å². The third kappa shape index (κ3) is 6.08. The molecule has 0 rings (SSSR count). The molecule has 10 heteroatoms. The van der Waals surface area contributed by atoms with E-state index in [0.717, 1.165) is 13.8 Å². The fraction of sp³-hybridized carbons (Fsp3) is 0.583. The van der Waals surface area contributed by atoms with Crippen molar-refractivity contribution in [2.24, 2.45) is 0 Å². The molecule has 0 aliphatic carbocycles. The fourth-order valence-corrected chi connectivity index (χ4v) is 1.21. The second kappa shape index (κ2) is 8.97. The van der Waals surface area contributed by atoms with Gasteiger partial charge < -0.3 is 29.6 Å². The Morgan fingerprint density at radius 2 is 1.50 bits per heavy atom. The Kier molecular flexibility index (Phi) is 8.09. The number of hydrogen-bond donors (Lipinski definition) is 3. The third-order valence-corrected chi connectivity index (χ3v) is 2.41. The SMILES string of the molecule is CC(=O)C(=O)OC[C@@H](O)[C@H](OC(=O)C(C)=O)[C@H](O)[C@@H](O)C=O. The molecule has 0 fully saturated rings. The summed E-state index contributed by atoms with van der Waals surface area (Å²) in [6.45, 7) is 0.883. The maximum absolute atomic E-state index is 11.2. The molecular formula is C12H16O10. The summed E-state index contributed by atoms with van der Waals surface area (Å²) in [7, 11) is 0. The van der Waals surface area contributed by atoms with Crippen molar-refractivity contribution in [3.05, 3.63) is 0 Å². The minimum absolute atomic E-state index is 0.0897. The summed E-state index contributed by atoms with van der Waals surface area (Å²) in [5.41, 5.74) is 0. The van der Waals surface area contributed by atoms with Crippen LogP contribution in [0.5, 0.6) is 0 Å². The van der Waals surface area contributed by atoms with E-state index in [9.17, 15) is 39.3 Å². The number of rotatable bonds is 9. The van der Waals surface area contributed by atoms with Crippen LogP contribution >= 0.6 is 0 Å². The molecule has 0 saturated carbocycles. The number of esters is 2. The zero-order chi connectivity index (χ0) is 17.4. The maximum Gasteiger partial charge on any atom is 0.374 e. The van der Waals surface area contributed by atoms with Crippen molar-refractivity contribution in [2.75, 3.05) is 6.61 Å². The van der Waals surface area contributed by atoms with Gasteiger partial charge in [0.1, 0.15) is 24.9 Å². The number of aldehydes is 1. The number of aliphatic hydroxyl groups excluding tert-OH is 3. The average molecular weight is 320 g/mol. The van der Waals surface area contributed by atoms with Crippen molar-refractivity contribution in [1.82, 2.24) is 0 Å². The summed E-state index contributed by atoms with van der Waals surface area (Å²) in [4.78, 5) is 54.0. The fourth-order valence-electron chi connectivity index (χ4n) is 1.21. The molecule has 0 amide bonds. The van der Waals surface area contributed by atoms with Gasteiger partial charge >= 0.3 is 11.9 Å². The first kappa shape index (κ1) is 19.8. The average Bonchev–Trinajstić information content (AvgIpc) is 2.47. The quantitative estimate of drug-likeness (QED) is 0.225. The molecule has 124 valence electrons. The van der Waals surface area contributed by atoms with Gasteiger partial charge in [-0.3, -0.25) is 9.59 Å². The minimum Gasteiger partial charge on any atom is -0.457 e. The van der Waals surface area contributed by atoms with Crippen LogP contribution in [0.1, 0.15) is 13.8 Å². The summed E-state index contributed by atoms with van der Waals surface area (Å²) in [5, 5.41) is 28.5. The molecule has 3 N–H and O–H groups in total. The van der Waals surface area contributed by atoms with Crippen LogP contribution in [-0.4, -0.2) is 76.1 Å². The highest BCUT2D eigenvalue weighted by Crippen LogP contribution is 2.11. The zero-order valence-electron chi connectivity index (χ0n) is 11.8. The van der Waals surface area contributed by atoms with E-state index in [0.29, 0.717) is 0 Å². The molecule has 0 saturated heterocycles. The minimum atomic E-state index is -2.08. The lowest BCUT2D eigenvalue weighted by molar-refractivity contribution is -0.181. The molecule has 0 unspecified atom stereocenters. The molecule has 10 nitrogen and oxygen atoms in total. The van der Waals surface area contributed by atoms with Crippen molar-refractivity contribution in [3.8, 4) is 0 Å². The van der Waals surface area contributed by atoms with E-state index in [2.05, 4.69) is 9.47 Å². The highest BCUT2D eigenvalue weighted by atomic mass is 16.6. The van der Waals surface area contributed by atoms with E-state index in [1.807, 2.05) is 0 Å². The van der Waals surface area contributed by atoms with Crippen LogP contribution in [0.15, 0.2) is 0 Å². The Morgan fingerprint density at radius 3 is 1.91 bits per heavy atom. The van der Waals surface area contributed by atoms with Crippen molar-refractivity contribution in [1.29, 1.82) is 0 Å². The molecule has 4 atom stereocenters. The topological polar surface area (TPSA) is 164 Å². The lowest BCUT2D eigenvalue weighted by Gasteiger charge is -2.27. The molecule has 0 radical (unpaired) electrons. The van der Waals surface area contributed by atoms with Crippen molar-refractivity contribution < 1.29 is 48.8 Å². The number of aliphatic hydroxyl groups is 3. The number of hydrogen-bond acceptors (Lipinski definition) is 10. The Balaban J connectivity index is 5.00. The standard InChI is InChI=1S/C12H16O10/c1-5(14)11(19)21-4-8(17)10(9(18)7(16)3-13)22-12(20)6(2)15/h3,7-10,16-18H,4H2,1-2H3/t7-,8+,9+,10-/m0/s1. The van der Waals surface area contributed by atoms with Gasteiger partial charge in [0.15, 0.2) is 12.4 Å². The summed E-state index contributed by atoms with van der Waals surface area (Å²) in [6.07, 6.45) is -8.02. The number of carbonyl (C=O) groups excluding carboxylic acids is 5. The normalized spacial score (nSPS) is 15.9. The van der Waals surface area contributed by atoms with Crippen molar-refractivity contribution in [3.63, 3.8) is 0 Å². The maximum atomic E-state index is 11.2. The van der Waals surface area contributed by atoms with Gasteiger partial charge in [0.25, 0.3) is 0 Å². The van der Waals surface area contributed by atoms with Crippen LogP contribution in [0.4, 0.5) is 0 Å². The monoisotopic (exact) mass is 320 g/mol. The van der Waals surface area contributed by atoms with Crippen LogP contribution in [-0.2, 0) is 33.4 Å². The third-order valence-electron chi connectivity index (χ3n) is 2.41. The molecule has 0 heterocycles. The van der Waals surface area contributed by atoms with Gasteiger partial charge in [-0.1, -0.05) is 0 Å². The molecule has 0 aromatic heterocycles. The van der Waals surface area contributed by atoms with Crippen molar-refractivity contribution in [2.45, 2.75) is 38.3 Å². The molecule has 0 spiro atoms. The van der Waals surface area contributed by atoms with E-state index >= 15 is 0 Å². The van der Waals surface area contributed by atoms with Gasteiger partial charge in [0, 0.05) is 13.8 Å². The van der Waals surface area contributed by atoms with Crippen LogP contribution in [0.2, 0.25) is 0 Å². The second-order valence-corrected chi connectivity index (χ2v) is 4.27. The molecule has 22 heavy (non-hydrogen) atoms. The van der Waals surface area contributed by atoms with Crippen molar-refractivity contribution >= 4 is 29.8 Å². The van der Waals surface area contributed by atoms with Gasteiger partial charge in [0.05, 0.1) is 0 Å². The van der Waals surface area contributed by atoms with Gasteiger partial charge in [-0.25, -0.2) is 9.59 Å². The first-order valence-electron chi connectivity index (χ1n) is 6.00. The number of ether oxygens (including phenoxy) is 2. The Labute approximate surface area is 124 Å². The number of ketones is 2. The first-order valence-corrected chi connectivity index (χ1v) is 6.00. The summed E-state index contributed by atoms with van der Waals surface area (Å²) < 4.78 is 8.82. The van der Waals surface area contributed by atoms with Crippen LogP contribution in [0, 0.1) is 0 Å². The van der Waals surface area contributed by atoms with Gasteiger partial charge in [-0.15, -0.1) is 0 Å². The van der Waals surface area contributed by atoms with Gasteiger partial charge in [-0.2, -0.15) is 0 Å². The lowest BCUT2D eigenvalue weighted by Crippen LogP contribution is -2.50. The predicted octanol–water partition coefficient (Wildman–Crippen LogP) is -3.10. The first-order chi connectivity index (χ1) is 10.1. The number of carbonyl (C=O) groups is 5. The Hall–Kier alpha value is -2.17. The highest BCUT2D eigenvalue weighted by Gasteiger charge is 2.36. The predicted molar refractivity (Wildman–Crippen MR) is 66.3 cm³/mol. The lowest BCUT2D eigenvalue weighted by atomic mass is 10.0. The van der Waals surface area contributed by atoms with Crippen LogP contribution < -0.4 is 0 Å². The molecule has 0 aliphatic rings. The van der Waals surface area contributed by atoms with E-state index < -0.39 is 54.5 Å². The molecule has 0 aromatic rings. The smallest absolute Gasteiger partial charge is 0.374 e. The van der Waals surface area contributed by atoms with Gasteiger partial charge in [0.2, 0.25) is 11.6 Å². The highest BCUT2D eigenvalue weighted by molar-refractivity contribution is 6.32. The summed E-state index contributed by atoms with van der Waals surface area (Å²) in [5.74, 6) is -4.76. The Morgan fingerprint density at radius 1 is 1.00 bits per heavy atom. The number of Topliss-reactive ketones (excluding diaryl/α,β-unsaturated/α-hetero) is 2. The molecular weight excluding hydrogens is 304 g/mol.